The molecule has 0 saturated carbocycles. The van der Waals surface area contributed by atoms with Gasteiger partial charge in [-0.3, -0.25) is 0 Å². The molecule has 0 aliphatic heterocycles. The van der Waals surface area contributed by atoms with Gasteiger partial charge in [-0.15, -0.1) is 22.9 Å². The lowest BCUT2D eigenvalue weighted by atomic mass is 10.2. The Morgan fingerprint density at radius 2 is 2.21 bits per heavy atom. The lowest BCUT2D eigenvalue weighted by molar-refractivity contribution is 0.311. The summed E-state index contributed by atoms with van der Waals surface area (Å²) in [6.45, 7) is 2.64. The van der Waals surface area contributed by atoms with Gasteiger partial charge in [0.2, 0.25) is 0 Å². The third kappa shape index (κ3) is 4.37. The Bertz CT molecular complexity index is 542. The van der Waals surface area contributed by atoms with Gasteiger partial charge in [-0.25, -0.2) is 4.98 Å². The van der Waals surface area contributed by atoms with E-state index in [-0.39, 0.29) is 0 Å². The number of ether oxygens (including phenoxy) is 1. The van der Waals surface area contributed by atoms with Gasteiger partial charge in [-0.2, -0.15) is 0 Å². The standard InChI is InChI=1S/C14H15Cl2NOS/c1-10-4-5-13(12(16)7-10)18-6-2-3-14-17-11(8-15)9-19-14/h4-5,7,9H,2-3,6,8H2,1H3. The number of thiazole rings is 1. The Labute approximate surface area is 127 Å². The smallest absolute Gasteiger partial charge is 0.137 e. The zero-order chi connectivity index (χ0) is 13.7. The molecule has 1 heterocycles. The van der Waals surface area contributed by atoms with E-state index in [4.69, 9.17) is 27.9 Å². The lowest BCUT2D eigenvalue weighted by Crippen LogP contribution is -2.00. The van der Waals surface area contributed by atoms with Crippen molar-refractivity contribution in [1.29, 1.82) is 0 Å². The number of rotatable bonds is 6. The van der Waals surface area contributed by atoms with Crippen molar-refractivity contribution in [3.8, 4) is 5.75 Å². The molecule has 0 spiro atoms. The first-order chi connectivity index (χ1) is 9.19. The minimum Gasteiger partial charge on any atom is -0.492 e. The van der Waals surface area contributed by atoms with E-state index in [1.165, 1.54) is 0 Å². The van der Waals surface area contributed by atoms with Crippen LogP contribution in [0.2, 0.25) is 5.02 Å². The molecule has 1 aromatic heterocycles. The molecule has 19 heavy (non-hydrogen) atoms. The summed E-state index contributed by atoms with van der Waals surface area (Å²) in [5.74, 6) is 1.22. The molecule has 0 atom stereocenters. The maximum atomic E-state index is 6.10. The first-order valence-corrected chi connectivity index (χ1v) is 7.86. The molecule has 0 aliphatic carbocycles. The zero-order valence-electron chi connectivity index (χ0n) is 10.7. The number of nitrogens with zero attached hydrogens (tertiary/aromatic N) is 1. The fourth-order valence-electron chi connectivity index (χ4n) is 1.65. The number of halogens is 2. The highest BCUT2D eigenvalue weighted by Crippen LogP contribution is 2.25. The normalized spacial score (nSPS) is 10.7. The van der Waals surface area contributed by atoms with Gasteiger partial charge >= 0.3 is 0 Å². The van der Waals surface area contributed by atoms with Crippen LogP contribution in [0.5, 0.6) is 5.75 Å². The van der Waals surface area contributed by atoms with Crippen LogP contribution in [0.1, 0.15) is 22.7 Å². The molecule has 0 amide bonds. The maximum absolute atomic E-state index is 6.10. The summed E-state index contributed by atoms with van der Waals surface area (Å²) in [6, 6.07) is 5.81. The predicted octanol–water partition coefficient (Wildman–Crippen LogP) is 4.86. The van der Waals surface area contributed by atoms with Gasteiger partial charge < -0.3 is 4.74 Å². The van der Waals surface area contributed by atoms with E-state index in [0.29, 0.717) is 17.5 Å². The molecule has 0 radical (unpaired) electrons. The summed E-state index contributed by atoms with van der Waals surface area (Å²) < 4.78 is 5.67. The number of aromatic nitrogens is 1. The lowest BCUT2D eigenvalue weighted by Gasteiger charge is -2.07. The van der Waals surface area contributed by atoms with Gasteiger partial charge in [0.1, 0.15) is 5.75 Å². The number of aryl methyl sites for hydroxylation is 2. The number of hydrogen-bond donors (Lipinski definition) is 0. The molecule has 0 unspecified atom stereocenters. The molecule has 2 aromatic rings. The highest BCUT2D eigenvalue weighted by Gasteiger charge is 2.03. The van der Waals surface area contributed by atoms with E-state index in [2.05, 4.69) is 4.98 Å². The average Bonchev–Trinajstić information content (AvgIpc) is 2.84. The van der Waals surface area contributed by atoms with Crippen molar-refractivity contribution >= 4 is 34.5 Å². The topological polar surface area (TPSA) is 22.1 Å². The van der Waals surface area contributed by atoms with E-state index in [1.54, 1.807) is 11.3 Å². The molecule has 0 aliphatic rings. The molecule has 2 nitrogen and oxygen atoms in total. The van der Waals surface area contributed by atoms with Crippen molar-refractivity contribution in [3.05, 3.63) is 44.9 Å². The van der Waals surface area contributed by atoms with Crippen LogP contribution < -0.4 is 4.74 Å². The van der Waals surface area contributed by atoms with E-state index < -0.39 is 0 Å². The fraction of sp³-hybridized carbons (Fsp3) is 0.357. The minimum atomic E-state index is 0.478. The van der Waals surface area contributed by atoms with E-state index in [1.807, 2.05) is 30.5 Å². The van der Waals surface area contributed by atoms with Crippen molar-refractivity contribution < 1.29 is 4.74 Å². The molecule has 2 rings (SSSR count). The number of hydrogen-bond acceptors (Lipinski definition) is 3. The third-order valence-electron chi connectivity index (χ3n) is 2.62. The van der Waals surface area contributed by atoms with Gasteiger partial charge in [0.05, 0.1) is 28.2 Å². The summed E-state index contributed by atoms with van der Waals surface area (Å²) in [7, 11) is 0. The van der Waals surface area contributed by atoms with Gasteiger partial charge in [0, 0.05) is 11.8 Å². The van der Waals surface area contributed by atoms with Crippen molar-refractivity contribution in [2.45, 2.75) is 25.6 Å². The number of alkyl halides is 1. The molecular formula is C14H15Cl2NOS. The van der Waals surface area contributed by atoms with Crippen LogP contribution in [0.3, 0.4) is 0 Å². The van der Waals surface area contributed by atoms with Crippen molar-refractivity contribution in [2.75, 3.05) is 6.61 Å². The Kier molecular flexibility index (Phi) is 5.49. The molecule has 0 bridgehead atoms. The van der Waals surface area contributed by atoms with E-state index >= 15 is 0 Å². The highest BCUT2D eigenvalue weighted by molar-refractivity contribution is 7.09. The van der Waals surface area contributed by atoms with E-state index in [9.17, 15) is 0 Å². The predicted molar refractivity (Wildman–Crippen MR) is 81.7 cm³/mol. The molecule has 0 N–H and O–H groups in total. The average molecular weight is 316 g/mol. The summed E-state index contributed by atoms with van der Waals surface area (Å²) in [6.07, 6.45) is 1.82. The van der Waals surface area contributed by atoms with Gasteiger partial charge in [0.25, 0.3) is 0 Å². The second kappa shape index (κ2) is 7.13. The van der Waals surface area contributed by atoms with Gasteiger partial charge in [-0.05, 0) is 31.0 Å². The SMILES string of the molecule is Cc1ccc(OCCCc2nc(CCl)cs2)c(Cl)c1. The first kappa shape index (κ1) is 14.6. The summed E-state index contributed by atoms with van der Waals surface area (Å²) >= 11 is 13.5. The number of benzene rings is 1. The second-order valence-corrected chi connectivity index (χ2v) is 5.87. The van der Waals surface area contributed by atoms with Crippen LogP contribution in [0, 0.1) is 6.92 Å². The Balaban J connectivity index is 1.77. The summed E-state index contributed by atoms with van der Waals surface area (Å²) in [5, 5.41) is 3.77. The van der Waals surface area contributed by atoms with Crippen molar-refractivity contribution in [2.24, 2.45) is 0 Å². The van der Waals surface area contributed by atoms with Crippen LogP contribution in [-0.4, -0.2) is 11.6 Å². The Morgan fingerprint density at radius 1 is 1.37 bits per heavy atom. The fourth-order valence-corrected chi connectivity index (χ4v) is 3.01. The summed E-state index contributed by atoms with van der Waals surface area (Å²) in [5.41, 5.74) is 2.08. The molecule has 5 heteroatoms. The van der Waals surface area contributed by atoms with Crippen molar-refractivity contribution in [3.63, 3.8) is 0 Å². The van der Waals surface area contributed by atoms with Crippen LogP contribution in [0.4, 0.5) is 0 Å². The second-order valence-electron chi connectivity index (χ2n) is 4.25. The highest BCUT2D eigenvalue weighted by atomic mass is 35.5. The third-order valence-corrected chi connectivity index (χ3v) is 4.14. The molecule has 1 aromatic carbocycles. The molecular weight excluding hydrogens is 301 g/mol. The van der Waals surface area contributed by atoms with Crippen LogP contribution in [0.15, 0.2) is 23.6 Å². The van der Waals surface area contributed by atoms with Crippen LogP contribution in [0.25, 0.3) is 0 Å². The Morgan fingerprint density at radius 3 is 2.89 bits per heavy atom. The summed E-state index contributed by atoms with van der Waals surface area (Å²) in [4.78, 5) is 4.41. The van der Waals surface area contributed by atoms with Crippen LogP contribution in [-0.2, 0) is 12.3 Å². The zero-order valence-corrected chi connectivity index (χ0v) is 13.0. The minimum absolute atomic E-state index is 0.478. The van der Waals surface area contributed by atoms with Gasteiger partial charge in [0.15, 0.2) is 0 Å². The van der Waals surface area contributed by atoms with Gasteiger partial charge in [-0.1, -0.05) is 17.7 Å². The Hall–Kier alpha value is -0.770. The molecule has 0 fully saturated rings. The molecule has 0 saturated heterocycles. The van der Waals surface area contributed by atoms with Crippen LogP contribution >= 0.6 is 34.5 Å². The monoisotopic (exact) mass is 315 g/mol. The first-order valence-electron chi connectivity index (χ1n) is 6.07. The quantitative estimate of drug-likeness (QED) is 0.561. The van der Waals surface area contributed by atoms with E-state index in [0.717, 1.165) is 34.9 Å². The largest absolute Gasteiger partial charge is 0.492 e. The maximum Gasteiger partial charge on any atom is 0.137 e. The van der Waals surface area contributed by atoms with Crippen molar-refractivity contribution in [1.82, 2.24) is 4.98 Å². The molecule has 102 valence electrons.